The SMILES string of the molecule is Cc1cc(-c2cncnc2)cc([C@H]2CCCN(C(=O)CN(C)Cc3ccccc3F)C2)n1. The van der Waals surface area contributed by atoms with E-state index in [1.165, 1.54) is 12.4 Å². The lowest BCUT2D eigenvalue weighted by atomic mass is 9.92. The van der Waals surface area contributed by atoms with Crippen LogP contribution in [0.15, 0.2) is 55.1 Å². The maximum Gasteiger partial charge on any atom is 0.236 e. The first kappa shape index (κ1) is 22.0. The molecule has 166 valence electrons. The number of pyridine rings is 1. The van der Waals surface area contributed by atoms with Gasteiger partial charge in [-0.05, 0) is 50.6 Å². The van der Waals surface area contributed by atoms with Crippen LogP contribution < -0.4 is 0 Å². The molecule has 0 bridgehead atoms. The van der Waals surface area contributed by atoms with Gasteiger partial charge in [-0.2, -0.15) is 0 Å². The summed E-state index contributed by atoms with van der Waals surface area (Å²) in [6, 6.07) is 10.8. The average molecular weight is 434 g/mol. The van der Waals surface area contributed by atoms with Gasteiger partial charge < -0.3 is 4.90 Å². The fourth-order valence-electron chi connectivity index (χ4n) is 4.27. The summed E-state index contributed by atoms with van der Waals surface area (Å²) in [5, 5.41) is 0. The Morgan fingerprint density at radius 1 is 1.19 bits per heavy atom. The van der Waals surface area contributed by atoms with Crippen molar-refractivity contribution in [1.29, 1.82) is 0 Å². The van der Waals surface area contributed by atoms with Crippen molar-refractivity contribution in [1.82, 2.24) is 24.8 Å². The number of hydrogen-bond donors (Lipinski definition) is 0. The molecule has 0 N–H and O–H groups in total. The molecular formula is C25H28FN5O. The summed E-state index contributed by atoms with van der Waals surface area (Å²) in [5.74, 6) is 0.0145. The van der Waals surface area contributed by atoms with Gasteiger partial charge in [0, 0.05) is 60.5 Å². The lowest BCUT2D eigenvalue weighted by Crippen LogP contribution is -2.43. The number of hydrogen-bond acceptors (Lipinski definition) is 5. The normalized spacial score (nSPS) is 16.4. The smallest absolute Gasteiger partial charge is 0.236 e. The van der Waals surface area contributed by atoms with E-state index in [9.17, 15) is 9.18 Å². The average Bonchev–Trinajstić information content (AvgIpc) is 2.81. The van der Waals surface area contributed by atoms with E-state index >= 15 is 0 Å². The van der Waals surface area contributed by atoms with E-state index in [1.807, 2.05) is 35.9 Å². The van der Waals surface area contributed by atoms with Crippen molar-refractivity contribution in [3.8, 4) is 11.1 Å². The third kappa shape index (κ3) is 5.34. The van der Waals surface area contributed by atoms with Gasteiger partial charge in [0.05, 0.1) is 6.54 Å². The Labute approximate surface area is 188 Å². The molecule has 4 rings (SSSR count). The summed E-state index contributed by atoms with van der Waals surface area (Å²) in [4.78, 5) is 29.8. The molecule has 1 aliphatic rings. The Bertz CT molecular complexity index is 1070. The third-order valence-electron chi connectivity index (χ3n) is 5.86. The van der Waals surface area contributed by atoms with Crippen molar-refractivity contribution < 1.29 is 9.18 Å². The zero-order valence-electron chi connectivity index (χ0n) is 18.5. The van der Waals surface area contributed by atoms with Crippen molar-refractivity contribution >= 4 is 5.91 Å². The highest BCUT2D eigenvalue weighted by atomic mass is 19.1. The fourth-order valence-corrected chi connectivity index (χ4v) is 4.27. The van der Waals surface area contributed by atoms with Gasteiger partial charge in [-0.15, -0.1) is 0 Å². The van der Waals surface area contributed by atoms with Gasteiger partial charge >= 0.3 is 0 Å². The molecule has 2 aromatic heterocycles. The summed E-state index contributed by atoms with van der Waals surface area (Å²) in [5.41, 5.74) is 4.54. The maximum atomic E-state index is 13.9. The standard InChI is InChI=1S/C25H28FN5O/c1-18-10-21(22-12-27-17-28-13-22)11-24(29-18)20-7-5-9-31(15-20)25(32)16-30(2)14-19-6-3-4-8-23(19)26/h3-4,6,8,10-13,17,20H,5,7,9,14-16H2,1-2H3/t20-/m0/s1. The van der Waals surface area contributed by atoms with Crippen LogP contribution in [0.25, 0.3) is 11.1 Å². The van der Waals surface area contributed by atoms with Crippen LogP contribution in [0.5, 0.6) is 0 Å². The largest absolute Gasteiger partial charge is 0.341 e. The molecule has 1 amide bonds. The molecule has 6 nitrogen and oxygen atoms in total. The minimum absolute atomic E-state index is 0.0675. The molecule has 3 heterocycles. The van der Waals surface area contributed by atoms with Crippen LogP contribution in [0.4, 0.5) is 4.39 Å². The van der Waals surface area contributed by atoms with Gasteiger partial charge in [-0.1, -0.05) is 18.2 Å². The van der Waals surface area contributed by atoms with Crippen LogP contribution >= 0.6 is 0 Å². The Morgan fingerprint density at radius 3 is 2.75 bits per heavy atom. The summed E-state index contributed by atoms with van der Waals surface area (Å²) in [7, 11) is 1.85. The number of halogens is 1. The molecule has 1 saturated heterocycles. The van der Waals surface area contributed by atoms with Crippen LogP contribution in [-0.4, -0.2) is 57.3 Å². The molecule has 0 unspecified atom stereocenters. The van der Waals surface area contributed by atoms with Crippen molar-refractivity contribution in [3.63, 3.8) is 0 Å². The molecule has 1 aromatic carbocycles. The summed E-state index contributed by atoms with van der Waals surface area (Å²) < 4.78 is 13.9. The number of benzene rings is 1. The van der Waals surface area contributed by atoms with Crippen LogP contribution in [0.2, 0.25) is 0 Å². The second-order valence-electron chi connectivity index (χ2n) is 8.49. The number of rotatable bonds is 6. The van der Waals surface area contributed by atoms with Gasteiger partial charge in [-0.3, -0.25) is 14.7 Å². The van der Waals surface area contributed by atoms with E-state index in [0.29, 0.717) is 18.7 Å². The first-order chi connectivity index (χ1) is 15.5. The second kappa shape index (κ2) is 9.96. The highest BCUT2D eigenvalue weighted by Gasteiger charge is 2.26. The van der Waals surface area contributed by atoms with E-state index in [0.717, 1.165) is 41.9 Å². The number of likely N-dealkylation sites (tertiary alicyclic amines) is 1. The number of piperidine rings is 1. The topological polar surface area (TPSA) is 62.2 Å². The van der Waals surface area contributed by atoms with Gasteiger partial charge in [-0.25, -0.2) is 14.4 Å². The molecule has 7 heteroatoms. The van der Waals surface area contributed by atoms with Gasteiger partial charge in [0.2, 0.25) is 5.91 Å². The van der Waals surface area contributed by atoms with E-state index in [4.69, 9.17) is 4.98 Å². The molecule has 1 atom stereocenters. The van der Waals surface area contributed by atoms with Crippen molar-refractivity contribution in [2.75, 3.05) is 26.7 Å². The number of aromatic nitrogens is 3. The Kier molecular flexibility index (Phi) is 6.85. The molecule has 0 spiro atoms. The lowest BCUT2D eigenvalue weighted by Gasteiger charge is -2.34. The Hall–Kier alpha value is -3.19. The minimum Gasteiger partial charge on any atom is -0.341 e. The van der Waals surface area contributed by atoms with Crippen LogP contribution in [0, 0.1) is 12.7 Å². The number of carbonyl (C=O) groups is 1. The van der Waals surface area contributed by atoms with Crippen molar-refractivity contribution in [3.05, 3.63) is 77.9 Å². The molecule has 3 aromatic rings. The molecule has 0 saturated carbocycles. The first-order valence-corrected chi connectivity index (χ1v) is 10.9. The zero-order valence-corrected chi connectivity index (χ0v) is 18.5. The predicted molar refractivity (Wildman–Crippen MR) is 121 cm³/mol. The monoisotopic (exact) mass is 433 g/mol. The van der Waals surface area contributed by atoms with E-state index < -0.39 is 0 Å². The van der Waals surface area contributed by atoms with Crippen LogP contribution in [0.3, 0.4) is 0 Å². The number of amides is 1. The van der Waals surface area contributed by atoms with Crippen molar-refractivity contribution in [2.45, 2.75) is 32.2 Å². The quantitative estimate of drug-likeness (QED) is 0.591. The third-order valence-corrected chi connectivity index (χ3v) is 5.86. The summed E-state index contributed by atoms with van der Waals surface area (Å²) in [6.07, 6.45) is 7.05. The maximum absolute atomic E-state index is 13.9. The zero-order chi connectivity index (χ0) is 22.5. The van der Waals surface area contributed by atoms with Crippen molar-refractivity contribution in [2.24, 2.45) is 0 Å². The van der Waals surface area contributed by atoms with Gasteiger partial charge in [0.15, 0.2) is 0 Å². The van der Waals surface area contributed by atoms with Gasteiger partial charge in [0.25, 0.3) is 0 Å². The van der Waals surface area contributed by atoms with E-state index in [2.05, 4.69) is 16.0 Å². The molecule has 1 aliphatic heterocycles. The Morgan fingerprint density at radius 2 is 1.97 bits per heavy atom. The number of nitrogens with zero attached hydrogens (tertiary/aromatic N) is 5. The number of carbonyl (C=O) groups excluding carboxylic acids is 1. The van der Waals surface area contributed by atoms with E-state index in [-0.39, 0.29) is 24.2 Å². The second-order valence-corrected chi connectivity index (χ2v) is 8.49. The molecule has 32 heavy (non-hydrogen) atoms. The summed E-state index contributed by atoms with van der Waals surface area (Å²) >= 11 is 0. The highest BCUT2D eigenvalue weighted by Crippen LogP contribution is 2.29. The summed E-state index contributed by atoms with van der Waals surface area (Å²) in [6.45, 7) is 4.04. The van der Waals surface area contributed by atoms with E-state index in [1.54, 1.807) is 24.5 Å². The lowest BCUT2D eigenvalue weighted by molar-refractivity contribution is -0.133. The van der Waals surface area contributed by atoms with Gasteiger partial charge in [0.1, 0.15) is 12.1 Å². The molecule has 0 aliphatic carbocycles. The molecule has 0 radical (unpaired) electrons. The van der Waals surface area contributed by atoms with Crippen LogP contribution in [0.1, 0.15) is 35.7 Å². The predicted octanol–water partition coefficient (Wildman–Crippen LogP) is 3.82. The molecule has 1 fully saturated rings. The number of aryl methyl sites for hydroxylation is 1. The minimum atomic E-state index is -0.241. The fraction of sp³-hybridized carbons (Fsp3) is 0.360. The molecular weight excluding hydrogens is 405 g/mol. The first-order valence-electron chi connectivity index (χ1n) is 10.9. The highest BCUT2D eigenvalue weighted by molar-refractivity contribution is 5.78. The Balaban J connectivity index is 1.42. The van der Waals surface area contributed by atoms with Crippen LogP contribution in [-0.2, 0) is 11.3 Å². The number of likely N-dealkylation sites (N-methyl/N-ethyl adjacent to an activating group) is 1.